The van der Waals surface area contributed by atoms with Gasteiger partial charge >= 0.3 is 0 Å². The third-order valence-electron chi connectivity index (χ3n) is 3.92. The first-order valence-electron chi connectivity index (χ1n) is 8.43. The quantitative estimate of drug-likeness (QED) is 0.536. The number of aromatic nitrogens is 5. The summed E-state index contributed by atoms with van der Waals surface area (Å²) in [7, 11) is 0. The SMILES string of the molecule is Cc1nc(-c2ccc(NC(=O)Cn3nnc(-c4ccc(Cl)cc4)n3)cc2)cs1. The first-order chi connectivity index (χ1) is 13.6. The van der Waals surface area contributed by atoms with Crippen LogP contribution in [-0.4, -0.2) is 31.1 Å². The van der Waals surface area contributed by atoms with E-state index in [0.29, 0.717) is 16.5 Å². The predicted octanol–water partition coefficient (Wildman–Crippen LogP) is 4.06. The molecular formula is C19H15ClN6OS. The normalized spacial score (nSPS) is 10.8. The second-order valence-electron chi connectivity index (χ2n) is 6.03. The topological polar surface area (TPSA) is 85.6 Å². The Hall–Kier alpha value is -3.10. The van der Waals surface area contributed by atoms with E-state index in [2.05, 4.69) is 25.7 Å². The molecule has 9 heteroatoms. The first-order valence-corrected chi connectivity index (χ1v) is 9.69. The lowest BCUT2D eigenvalue weighted by atomic mass is 10.1. The molecule has 0 aliphatic rings. The van der Waals surface area contributed by atoms with Gasteiger partial charge in [-0.15, -0.1) is 21.5 Å². The number of aryl methyl sites for hydroxylation is 1. The number of hydrogen-bond donors (Lipinski definition) is 1. The molecule has 7 nitrogen and oxygen atoms in total. The molecule has 0 radical (unpaired) electrons. The lowest BCUT2D eigenvalue weighted by Crippen LogP contribution is -2.20. The summed E-state index contributed by atoms with van der Waals surface area (Å²) in [4.78, 5) is 18.0. The van der Waals surface area contributed by atoms with E-state index in [1.54, 1.807) is 35.6 Å². The number of carbonyl (C=O) groups is 1. The largest absolute Gasteiger partial charge is 0.324 e. The number of rotatable bonds is 5. The van der Waals surface area contributed by atoms with Crippen LogP contribution in [0.1, 0.15) is 5.01 Å². The van der Waals surface area contributed by atoms with Crippen molar-refractivity contribution in [1.82, 2.24) is 25.2 Å². The molecule has 0 atom stereocenters. The Morgan fingerprint density at radius 3 is 2.50 bits per heavy atom. The van der Waals surface area contributed by atoms with E-state index >= 15 is 0 Å². The third kappa shape index (κ3) is 4.24. The summed E-state index contributed by atoms with van der Waals surface area (Å²) in [5, 5.41) is 18.6. The molecule has 2 aromatic heterocycles. The van der Waals surface area contributed by atoms with Crippen molar-refractivity contribution in [3.05, 3.63) is 63.9 Å². The Morgan fingerprint density at radius 1 is 1.11 bits per heavy atom. The van der Waals surface area contributed by atoms with Crippen LogP contribution in [0.25, 0.3) is 22.6 Å². The average molecular weight is 411 g/mol. The molecule has 2 aromatic carbocycles. The molecule has 1 N–H and O–H groups in total. The van der Waals surface area contributed by atoms with Crippen LogP contribution in [0.3, 0.4) is 0 Å². The highest BCUT2D eigenvalue weighted by Gasteiger charge is 2.10. The van der Waals surface area contributed by atoms with Gasteiger partial charge in [0.15, 0.2) is 0 Å². The second kappa shape index (κ2) is 7.87. The molecular weight excluding hydrogens is 396 g/mol. The van der Waals surface area contributed by atoms with Gasteiger partial charge < -0.3 is 5.32 Å². The van der Waals surface area contributed by atoms with Crippen LogP contribution in [0, 0.1) is 6.92 Å². The van der Waals surface area contributed by atoms with Crippen LogP contribution in [0.4, 0.5) is 5.69 Å². The minimum absolute atomic E-state index is 0.0341. The van der Waals surface area contributed by atoms with Gasteiger partial charge in [-0.25, -0.2) is 4.98 Å². The fourth-order valence-electron chi connectivity index (χ4n) is 2.57. The molecule has 4 rings (SSSR count). The Labute approximate surface area is 170 Å². The zero-order chi connectivity index (χ0) is 19.5. The van der Waals surface area contributed by atoms with Crippen LogP contribution in [0.2, 0.25) is 5.02 Å². The van der Waals surface area contributed by atoms with E-state index in [1.165, 1.54) is 4.80 Å². The van der Waals surface area contributed by atoms with Gasteiger partial charge in [0.05, 0.1) is 10.7 Å². The first kappa shape index (κ1) is 18.3. The third-order valence-corrected chi connectivity index (χ3v) is 4.95. The van der Waals surface area contributed by atoms with Crippen molar-refractivity contribution >= 4 is 34.5 Å². The fraction of sp³-hybridized carbons (Fsp3) is 0.105. The van der Waals surface area contributed by atoms with E-state index in [-0.39, 0.29) is 12.5 Å². The van der Waals surface area contributed by atoms with Crippen molar-refractivity contribution in [3.63, 3.8) is 0 Å². The monoisotopic (exact) mass is 410 g/mol. The molecule has 0 saturated heterocycles. The molecule has 0 fully saturated rings. The van der Waals surface area contributed by atoms with Crippen LogP contribution in [0.5, 0.6) is 0 Å². The van der Waals surface area contributed by atoms with Gasteiger partial charge in [0, 0.05) is 27.2 Å². The van der Waals surface area contributed by atoms with Crippen LogP contribution >= 0.6 is 22.9 Å². The van der Waals surface area contributed by atoms with Crippen molar-refractivity contribution in [2.75, 3.05) is 5.32 Å². The number of tetrazole rings is 1. The highest BCUT2D eigenvalue weighted by Crippen LogP contribution is 2.23. The van der Waals surface area contributed by atoms with Gasteiger partial charge in [0.1, 0.15) is 6.54 Å². The molecule has 0 saturated carbocycles. The Bertz CT molecular complexity index is 1100. The van der Waals surface area contributed by atoms with Crippen LogP contribution < -0.4 is 5.32 Å². The van der Waals surface area contributed by atoms with Gasteiger partial charge in [-0.3, -0.25) is 4.79 Å². The fourth-order valence-corrected chi connectivity index (χ4v) is 3.32. The molecule has 0 spiro atoms. The maximum atomic E-state index is 12.3. The van der Waals surface area contributed by atoms with Gasteiger partial charge in [-0.05, 0) is 48.5 Å². The van der Waals surface area contributed by atoms with Crippen LogP contribution in [0.15, 0.2) is 53.9 Å². The smallest absolute Gasteiger partial charge is 0.248 e. The van der Waals surface area contributed by atoms with Gasteiger partial charge in [-0.1, -0.05) is 23.7 Å². The molecule has 140 valence electrons. The number of nitrogens with zero attached hydrogens (tertiary/aromatic N) is 5. The minimum atomic E-state index is -0.239. The molecule has 2 heterocycles. The molecule has 0 aliphatic heterocycles. The Balaban J connectivity index is 1.38. The number of nitrogens with one attached hydrogen (secondary N) is 1. The summed E-state index contributed by atoms with van der Waals surface area (Å²) in [5.74, 6) is 0.199. The highest BCUT2D eigenvalue weighted by molar-refractivity contribution is 7.09. The number of hydrogen-bond acceptors (Lipinski definition) is 6. The van der Waals surface area contributed by atoms with E-state index in [9.17, 15) is 4.79 Å². The average Bonchev–Trinajstić information content (AvgIpc) is 3.32. The van der Waals surface area contributed by atoms with Gasteiger partial charge in [0.2, 0.25) is 11.7 Å². The van der Waals surface area contributed by atoms with E-state index in [4.69, 9.17) is 11.6 Å². The maximum absolute atomic E-state index is 12.3. The summed E-state index contributed by atoms with van der Waals surface area (Å²) in [6.45, 7) is 1.94. The Morgan fingerprint density at radius 2 is 1.82 bits per heavy atom. The second-order valence-corrected chi connectivity index (χ2v) is 7.53. The number of thiazole rings is 1. The van der Waals surface area contributed by atoms with E-state index in [1.807, 2.05) is 36.6 Å². The van der Waals surface area contributed by atoms with Gasteiger partial charge in [-0.2, -0.15) is 4.80 Å². The number of carbonyl (C=O) groups excluding carboxylic acids is 1. The summed E-state index contributed by atoms with van der Waals surface area (Å²) < 4.78 is 0. The maximum Gasteiger partial charge on any atom is 0.248 e. The van der Waals surface area contributed by atoms with Crippen molar-refractivity contribution in [2.24, 2.45) is 0 Å². The zero-order valence-electron chi connectivity index (χ0n) is 14.8. The van der Waals surface area contributed by atoms with Crippen molar-refractivity contribution in [2.45, 2.75) is 13.5 Å². The lowest BCUT2D eigenvalue weighted by molar-refractivity contribution is -0.117. The van der Waals surface area contributed by atoms with Crippen molar-refractivity contribution in [3.8, 4) is 22.6 Å². The summed E-state index contributed by atoms with van der Waals surface area (Å²) >= 11 is 7.48. The number of anilines is 1. The summed E-state index contributed by atoms with van der Waals surface area (Å²) in [6, 6.07) is 14.6. The zero-order valence-corrected chi connectivity index (χ0v) is 16.4. The molecule has 1 amide bonds. The minimum Gasteiger partial charge on any atom is -0.324 e. The van der Waals surface area contributed by atoms with Crippen LogP contribution in [-0.2, 0) is 11.3 Å². The summed E-state index contributed by atoms with van der Waals surface area (Å²) in [5.41, 5.74) is 3.41. The van der Waals surface area contributed by atoms with Crippen molar-refractivity contribution < 1.29 is 4.79 Å². The summed E-state index contributed by atoms with van der Waals surface area (Å²) in [6.07, 6.45) is 0. The van der Waals surface area contributed by atoms with E-state index < -0.39 is 0 Å². The predicted molar refractivity (Wildman–Crippen MR) is 109 cm³/mol. The molecule has 28 heavy (non-hydrogen) atoms. The van der Waals surface area contributed by atoms with E-state index in [0.717, 1.165) is 21.8 Å². The van der Waals surface area contributed by atoms with Crippen molar-refractivity contribution in [1.29, 1.82) is 0 Å². The number of amides is 1. The highest BCUT2D eigenvalue weighted by atomic mass is 35.5. The van der Waals surface area contributed by atoms with Gasteiger partial charge in [0.25, 0.3) is 0 Å². The Kier molecular flexibility index (Phi) is 5.14. The number of halogens is 1. The molecule has 0 unspecified atom stereocenters. The lowest BCUT2D eigenvalue weighted by Gasteiger charge is -2.05. The molecule has 4 aromatic rings. The standard InChI is InChI=1S/C19H15ClN6OS/c1-12-21-17(11-28-12)13-4-8-16(9-5-13)22-18(27)10-26-24-19(23-25-26)14-2-6-15(20)7-3-14/h2-9,11H,10H2,1H3,(H,22,27). The number of benzene rings is 2. The molecule has 0 bridgehead atoms. The molecule has 0 aliphatic carbocycles.